The van der Waals surface area contributed by atoms with E-state index in [2.05, 4.69) is 0 Å². The Balaban J connectivity index is 6.61. The van der Waals surface area contributed by atoms with Gasteiger partial charge in [-0.15, -0.1) is 8.78 Å². The minimum atomic E-state index is -7.45. The minimum Gasteiger partial charge on any atom is -0.377 e. The van der Waals surface area contributed by atoms with E-state index in [0.717, 1.165) is 21.3 Å². The summed E-state index contributed by atoms with van der Waals surface area (Å²) in [5, 5.41) is 0. The SMILES string of the molecule is CCC[N+](CCC)(CCC[Si](OC)(OC)OC)C(F)(F)C(F)(F)C(F)(F)C(F)(F)C(F)(F)CCC(F)(F)F. The molecule has 0 N–H and O–H groups in total. The van der Waals surface area contributed by atoms with E-state index in [9.17, 15) is 48.3 Å². The highest BCUT2D eigenvalue weighted by molar-refractivity contribution is 6.60. The van der Waals surface area contributed by atoms with Gasteiger partial charge in [0.05, 0.1) is 19.6 Å². The fraction of sp³-hybridized carbons (Fsp3) is 1.00. The maximum absolute atomic E-state index is 15.5. The normalized spacial score (nSPS) is 15.3. The van der Waals surface area contributed by atoms with Crippen LogP contribution < -0.4 is 0 Å². The highest BCUT2D eigenvalue weighted by Gasteiger charge is 2.90. The molecule has 4 nitrogen and oxygen atoms in total. The Hall–Kier alpha value is -0.853. The topological polar surface area (TPSA) is 27.7 Å². The van der Waals surface area contributed by atoms with Crippen molar-refractivity contribution >= 4 is 8.80 Å². The van der Waals surface area contributed by atoms with Crippen LogP contribution in [0.3, 0.4) is 0 Å². The maximum atomic E-state index is 15.5. The van der Waals surface area contributed by atoms with Gasteiger partial charge in [-0.3, -0.25) is 4.48 Å². The fourth-order valence-corrected chi connectivity index (χ4v) is 5.84. The number of hydrogen-bond donors (Lipinski definition) is 0. The van der Waals surface area contributed by atoms with Crippen LogP contribution in [-0.4, -0.2) is 90.2 Å². The summed E-state index contributed by atoms with van der Waals surface area (Å²) in [4.78, 5) is 0. The zero-order valence-corrected chi connectivity index (χ0v) is 22.4. The summed E-state index contributed by atoms with van der Waals surface area (Å²) in [6, 6.07) is -6.35. The Morgan fingerprint density at radius 1 is 0.579 bits per heavy atom. The Bertz CT molecular complexity index is 717. The standard InChI is InChI=1S/C20H33F13NO3Si/c1-6-11-34(12-7-2,13-8-14-38(35-3,36-4)37-5)20(32,33)19(30,31)18(28,29)17(26,27)15(21,22)9-10-16(23,24)25/h6-14H2,1-5H3/q+1. The van der Waals surface area contributed by atoms with Crippen LogP contribution in [-0.2, 0) is 13.3 Å². The van der Waals surface area contributed by atoms with Crippen LogP contribution in [0.4, 0.5) is 57.1 Å². The van der Waals surface area contributed by atoms with Crippen molar-refractivity contribution in [3.05, 3.63) is 0 Å². The lowest BCUT2D eigenvalue weighted by molar-refractivity contribution is -1.02. The van der Waals surface area contributed by atoms with Crippen molar-refractivity contribution in [3.63, 3.8) is 0 Å². The summed E-state index contributed by atoms with van der Waals surface area (Å²) < 4.78 is 195. The van der Waals surface area contributed by atoms with Gasteiger partial charge in [-0.1, -0.05) is 13.8 Å². The Labute approximate surface area is 213 Å². The molecule has 0 aromatic carbocycles. The molecule has 0 unspecified atom stereocenters. The van der Waals surface area contributed by atoms with Gasteiger partial charge in [0, 0.05) is 46.6 Å². The van der Waals surface area contributed by atoms with E-state index in [4.69, 9.17) is 13.3 Å². The van der Waals surface area contributed by atoms with Gasteiger partial charge in [-0.05, 0) is 12.8 Å². The van der Waals surface area contributed by atoms with E-state index >= 15 is 8.78 Å². The molecule has 0 aromatic rings. The molecule has 18 heteroatoms. The first kappa shape index (κ1) is 37.1. The van der Waals surface area contributed by atoms with Gasteiger partial charge in [0.1, 0.15) is 0 Å². The number of hydrogen-bond acceptors (Lipinski definition) is 3. The van der Waals surface area contributed by atoms with Crippen molar-refractivity contribution in [1.82, 2.24) is 0 Å². The molecule has 0 atom stereocenters. The third kappa shape index (κ3) is 7.07. The fourth-order valence-electron chi connectivity index (χ4n) is 4.14. The highest BCUT2D eigenvalue weighted by atomic mass is 28.4. The molecule has 0 aliphatic rings. The molecule has 0 fully saturated rings. The second kappa shape index (κ2) is 12.8. The second-order valence-corrected chi connectivity index (χ2v) is 11.9. The van der Waals surface area contributed by atoms with E-state index in [0.29, 0.717) is 0 Å². The number of quaternary nitrogens is 1. The predicted octanol–water partition coefficient (Wildman–Crippen LogP) is 7.37. The van der Waals surface area contributed by atoms with E-state index in [-0.39, 0.29) is 18.9 Å². The van der Waals surface area contributed by atoms with Crippen molar-refractivity contribution in [3.8, 4) is 0 Å². The summed E-state index contributed by atoms with van der Waals surface area (Å²) >= 11 is 0. The van der Waals surface area contributed by atoms with Crippen molar-refractivity contribution in [1.29, 1.82) is 0 Å². The van der Waals surface area contributed by atoms with Gasteiger partial charge >= 0.3 is 44.7 Å². The molecule has 0 aliphatic carbocycles. The molecule has 0 aromatic heterocycles. The molecule has 0 aliphatic heterocycles. The lowest BCUT2D eigenvalue weighted by Crippen LogP contribution is -2.76. The van der Waals surface area contributed by atoms with Crippen LogP contribution in [0.25, 0.3) is 0 Å². The summed E-state index contributed by atoms with van der Waals surface area (Å²) in [5.41, 5.74) is 0. The molecule has 0 saturated heterocycles. The monoisotopic (exact) mass is 610 g/mol. The maximum Gasteiger partial charge on any atom is 0.500 e. The van der Waals surface area contributed by atoms with Crippen LogP contribution in [0.2, 0.25) is 6.04 Å². The Kier molecular flexibility index (Phi) is 12.5. The lowest BCUT2D eigenvalue weighted by Gasteiger charge is -2.48. The second-order valence-electron chi connectivity index (χ2n) is 8.80. The minimum absolute atomic E-state index is 0.284. The third-order valence-corrected chi connectivity index (χ3v) is 9.08. The van der Waals surface area contributed by atoms with Gasteiger partial charge in [0.25, 0.3) is 0 Å². The number of rotatable bonds is 18. The summed E-state index contributed by atoms with van der Waals surface area (Å²) in [6.45, 7) is -0.504. The van der Waals surface area contributed by atoms with Gasteiger partial charge in [0.2, 0.25) is 0 Å². The zero-order chi connectivity index (χ0) is 30.5. The summed E-state index contributed by atoms with van der Waals surface area (Å²) in [7, 11) is -0.0579. The highest BCUT2D eigenvalue weighted by Crippen LogP contribution is 2.60. The quantitative estimate of drug-likeness (QED) is 0.0703. The van der Waals surface area contributed by atoms with Crippen molar-refractivity contribution in [2.24, 2.45) is 0 Å². The zero-order valence-electron chi connectivity index (χ0n) is 21.4. The van der Waals surface area contributed by atoms with E-state index in [1.165, 1.54) is 13.8 Å². The average molecular weight is 611 g/mol. The molecule has 38 heavy (non-hydrogen) atoms. The van der Waals surface area contributed by atoms with Crippen LogP contribution in [0.1, 0.15) is 46.0 Å². The van der Waals surface area contributed by atoms with E-state index in [1.54, 1.807) is 0 Å². The summed E-state index contributed by atoms with van der Waals surface area (Å²) in [6.07, 6.45) is -12.5. The van der Waals surface area contributed by atoms with Crippen molar-refractivity contribution in [2.75, 3.05) is 41.0 Å². The summed E-state index contributed by atoms with van der Waals surface area (Å²) in [5.74, 6) is -28.2. The molecule has 0 rings (SSSR count). The van der Waals surface area contributed by atoms with Gasteiger partial charge < -0.3 is 13.3 Å². The molecule has 0 bridgehead atoms. The molecule has 230 valence electrons. The van der Waals surface area contributed by atoms with Crippen LogP contribution >= 0.6 is 0 Å². The van der Waals surface area contributed by atoms with Crippen LogP contribution in [0, 0.1) is 0 Å². The van der Waals surface area contributed by atoms with Crippen LogP contribution in [0.5, 0.6) is 0 Å². The Morgan fingerprint density at radius 2 is 1.00 bits per heavy atom. The molecular weight excluding hydrogens is 577 g/mol. The van der Waals surface area contributed by atoms with E-state index in [1.807, 2.05) is 0 Å². The number of halogens is 13. The van der Waals surface area contributed by atoms with E-state index < -0.39 is 88.1 Å². The number of nitrogens with zero attached hydrogens (tertiary/aromatic N) is 1. The molecule has 0 radical (unpaired) electrons. The number of alkyl halides is 13. The largest absolute Gasteiger partial charge is 0.500 e. The molecule has 0 spiro atoms. The lowest BCUT2D eigenvalue weighted by atomic mass is 9.92. The first-order chi connectivity index (χ1) is 17.0. The first-order valence-corrected chi connectivity index (χ1v) is 13.4. The molecule has 0 saturated carbocycles. The first-order valence-electron chi connectivity index (χ1n) is 11.4. The smallest absolute Gasteiger partial charge is 0.377 e. The average Bonchev–Trinajstić information content (AvgIpc) is 2.80. The van der Waals surface area contributed by atoms with Crippen molar-refractivity contribution < 1.29 is 74.8 Å². The van der Waals surface area contributed by atoms with Gasteiger partial charge in [0.15, 0.2) is 0 Å². The van der Waals surface area contributed by atoms with Gasteiger partial charge in [-0.2, -0.15) is 48.3 Å². The Morgan fingerprint density at radius 3 is 1.34 bits per heavy atom. The molecule has 0 heterocycles. The van der Waals surface area contributed by atoms with Crippen molar-refractivity contribution in [2.45, 2.75) is 87.9 Å². The predicted molar refractivity (Wildman–Crippen MR) is 112 cm³/mol. The third-order valence-electron chi connectivity index (χ3n) is 6.25. The molecule has 0 amide bonds. The van der Waals surface area contributed by atoms with Gasteiger partial charge in [-0.25, -0.2) is 0 Å². The van der Waals surface area contributed by atoms with Crippen LogP contribution in [0.15, 0.2) is 0 Å². The molecular formula is C20H33F13NO3Si+.